The van der Waals surface area contributed by atoms with Crippen LogP contribution < -0.4 is 0 Å². The third-order valence-corrected chi connectivity index (χ3v) is 11.8. The van der Waals surface area contributed by atoms with Gasteiger partial charge >= 0.3 is 0 Å². The van der Waals surface area contributed by atoms with E-state index in [4.69, 9.17) is 9.97 Å². The number of aliphatic hydroxyl groups is 1. The molecule has 0 atom stereocenters. The van der Waals surface area contributed by atoms with E-state index in [9.17, 15) is 9.90 Å². The summed E-state index contributed by atoms with van der Waals surface area (Å²) in [5.74, 6) is 0.286. The number of nitrogens with zero attached hydrogens (tertiary/aromatic N) is 2. The number of carbonyl (C=O) groups is 1. The summed E-state index contributed by atoms with van der Waals surface area (Å²) in [6.07, 6.45) is 6.47. The molecule has 1 aromatic heterocycles. The molecule has 1 N–H and O–H groups in total. The van der Waals surface area contributed by atoms with Gasteiger partial charge in [-0.05, 0) is 69.8 Å². The van der Waals surface area contributed by atoms with Crippen LogP contribution in [-0.2, 0) is 35.7 Å². The van der Waals surface area contributed by atoms with Gasteiger partial charge in [-0.1, -0.05) is 136 Å². The molecule has 0 unspecified atom stereocenters. The van der Waals surface area contributed by atoms with Crippen LogP contribution in [0.5, 0.6) is 0 Å². The molecule has 1 radical (unpaired) electrons. The molecule has 51 heavy (non-hydrogen) atoms. The molecule has 4 aromatic carbocycles. The monoisotopic (exact) mass is 860 g/mol. The Morgan fingerprint density at radius 2 is 1.41 bits per heavy atom. The van der Waals surface area contributed by atoms with Crippen LogP contribution in [0.4, 0.5) is 0 Å². The zero-order valence-electron chi connectivity index (χ0n) is 32.4. The standard InChI is InChI=1S/C31H27N2.C15H28O2.Ir/c1-30(2,3)23-14-12-20-13-15-24-26-28(22-11-10-19-8-6-7-9-21(19)16-22)32-18-33-29(26)31(4,5)27(24)25(20)17-23;1-7-14(5,8-2)12(16)11-13(17)15(6,9-3)10-4;/h6-10,12-18H,1-5H3;11,16H,7-10H2,1-6H3;/q-1;;/b;12-11-;. The Hall–Kier alpha value is -3.66. The number of hydrogen-bond acceptors (Lipinski definition) is 4. The minimum Gasteiger partial charge on any atom is -0.512 e. The van der Waals surface area contributed by atoms with Gasteiger partial charge in [0.1, 0.15) is 12.1 Å². The van der Waals surface area contributed by atoms with Crippen LogP contribution in [0.15, 0.2) is 84.9 Å². The smallest absolute Gasteiger partial charge is 0.164 e. The zero-order valence-corrected chi connectivity index (χ0v) is 34.8. The molecule has 5 aromatic rings. The maximum absolute atomic E-state index is 12.2. The molecule has 1 aliphatic carbocycles. The van der Waals surface area contributed by atoms with Crippen molar-refractivity contribution in [1.29, 1.82) is 0 Å². The number of fused-ring (bicyclic) bond motifs is 6. The van der Waals surface area contributed by atoms with E-state index in [-0.39, 0.29) is 53.3 Å². The van der Waals surface area contributed by atoms with Crippen molar-refractivity contribution in [1.82, 2.24) is 9.97 Å². The Labute approximate surface area is 319 Å². The minimum atomic E-state index is -0.337. The van der Waals surface area contributed by atoms with E-state index in [1.165, 1.54) is 44.3 Å². The van der Waals surface area contributed by atoms with E-state index in [1.807, 2.05) is 41.5 Å². The summed E-state index contributed by atoms with van der Waals surface area (Å²) in [6.45, 7) is 23.5. The van der Waals surface area contributed by atoms with Crippen molar-refractivity contribution in [2.75, 3.05) is 0 Å². The molecule has 6 rings (SSSR count). The van der Waals surface area contributed by atoms with Crippen LogP contribution in [0.3, 0.4) is 0 Å². The van der Waals surface area contributed by atoms with Crippen LogP contribution in [0.1, 0.15) is 119 Å². The van der Waals surface area contributed by atoms with E-state index in [2.05, 4.69) is 107 Å². The number of hydrogen-bond donors (Lipinski definition) is 1. The Morgan fingerprint density at radius 3 is 2.02 bits per heavy atom. The van der Waals surface area contributed by atoms with Crippen LogP contribution >= 0.6 is 0 Å². The first-order valence-electron chi connectivity index (χ1n) is 18.3. The molecule has 0 aliphatic heterocycles. The first-order chi connectivity index (χ1) is 23.5. The van der Waals surface area contributed by atoms with Crippen molar-refractivity contribution in [2.45, 2.75) is 113 Å². The van der Waals surface area contributed by atoms with Gasteiger partial charge in [0, 0.05) is 42.4 Å². The molecule has 271 valence electrons. The third-order valence-electron chi connectivity index (χ3n) is 11.8. The molecule has 0 bridgehead atoms. The summed E-state index contributed by atoms with van der Waals surface area (Å²) in [4.78, 5) is 21.8. The zero-order chi connectivity index (χ0) is 36.6. The molecule has 1 heterocycles. The summed E-state index contributed by atoms with van der Waals surface area (Å²) in [5.41, 5.74) is 7.44. The van der Waals surface area contributed by atoms with Gasteiger partial charge in [0.15, 0.2) is 5.78 Å². The van der Waals surface area contributed by atoms with Crippen LogP contribution in [0, 0.1) is 16.9 Å². The Morgan fingerprint density at radius 1 is 0.804 bits per heavy atom. The van der Waals surface area contributed by atoms with E-state index in [1.54, 1.807) is 6.33 Å². The van der Waals surface area contributed by atoms with Crippen molar-refractivity contribution < 1.29 is 30.0 Å². The van der Waals surface area contributed by atoms with E-state index in [0.717, 1.165) is 48.2 Å². The second-order valence-electron chi connectivity index (χ2n) is 16.1. The van der Waals surface area contributed by atoms with Gasteiger partial charge in [0.05, 0.1) is 5.69 Å². The summed E-state index contributed by atoms with van der Waals surface area (Å²) < 4.78 is 0. The number of benzene rings is 4. The number of allylic oxidation sites excluding steroid dienone is 2. The number of ketones is 1. The SMILES string of the molecule is CC(C)(C)c1ccc2ccc3c(c2c1)C(C)(C)c1ncnc(-c2[c-]cc4ccccc4c2)c1-3.CCC(C)(CC)C(=O)/C=C(\O)C(C)(CC)CC.[Ir]. The maximum Gasteiger partial charge on any atom is 0.164 e. The Bertz CT molecular complexity index is 2080. The summed E-state index contributed by atoms with van der Waals surface area (Å²) in [6, 6.07) is 27.6. The van der Waals surface area contributed by atoms with Gasteiger partial charge in [-0.2, -0.15) is 0 Å². The summed E-state index contributed by atoms with van der Waals surface area (Å²) in [7, 11) is 0. The predicted molar refractivity (Wildman–Crippen MR) is 211 cm³/mol. The fourth-order valence-corrected chi connectivity index (χ4v) is 7.05. The fourth-order valence-electron chi connectivity index (χ4n) is 7.05. The average molecular weight is 860 g/mol. The molecule has 0 saturated carbocycles. The minimum absolute atomic E-state index is 0. The topological polar surface area (TPSA) is 63.1 Å². The second-order valence-corrected chi connectivity index (χ2v) is 16.1. The number of aromatic nitrogens is 2. The number of aliphatic hydroxyl groups excluding tert-OH is 1. The van der Waals surface area contributed by atoms with Gasteiger partial charge in [-0.25, -0.2) is 4.98 Å². The van der Waals surface area contributed by atoms with Crippen molar-refractivity contribution >= 4 is 27.3 Å². The van der Waals surface area contributed by atoms with Gasteiger partial charge in [0.25, 0.3) is 0 Å². The van der Waals surface area contributed by atoms with Gasteiger partial charge in [-0.3, -0.25) is 9.78 Å². The first-order valence-corrected chi connectivity index (χ1v) is 18.3. The molecule has 1 aliphatic rings. The fraction of sp³-hybridized carbons (Fsp3) is 0.413. The van der Waals surface area contributed by atoms with Crippen molar-refractivity contribution in [3.05, 3.63) is 108 Å². The Kier molecular flexibility index (Phi) is 11.9. The predicted octanol–water partition coefficient (Wildman–Crippen LogP) is 12.5. The first kappa shape index (κ1) is 40.1. The maximum atomic E-state index is 12.2. The molecule has 0 amide bonds. The van der Waals surface area contributed by atoms with Gasteiger partial charge < -0.3 is 5.11 Å². The van der Waals surface area contributed by atoms with Gasteiger partial charge in [-0.15, -0.1) is 29.1 Å². The van der Waals surface area contributed by atoms with E-state index >= 15 is 0 Å². The van der Waals surface area contributed by atoms with Crippen LogP contribution in [0.2, 0.25) is 0 Å². The number of carbonyl (C=O) groups excluding carboxylic acids is 1. The van der Waals surface area contributed by atoms with Crippen molar-refractivity contribution in [3.63, 3.8) is 0 Å². The Balaban J connectivity index is 0.000000279. The largest absolute Gasteiger partial charge is 0.512 e. The third kappa shape index (κ3) is 7.48. The molecule has 0 spiro atoms. The summed E-state index contributed by atoms with van der Waals surface area (Å²) >= 11 is 0. The van der Waals surface area contributed by atoms with Crippen molar-refractivity contribution in [3.8, 4) is 22.4 Å². The molecule has 5 heteroatoms. The summed E-state index contributed by atoms with van der Waals surface area (Å²) in [5, 5.41) is 15.1. The van der Waals surface area contributed by atoms with Crippen LogP contribution in [-0.4, -0.2) is 20.9 Å². The molecule has 0 saturated heterocycles. The normalized spacial score (nSPS) is 14.0. The quantitative estimate of drug-likeness (QED) is 0.0959. The molecule has 0 fully saturated rings. The molecule has 4 nitrogen and oxygen atoms in total. The number of rotatable bonds is 8. The van der Waals surface area contributed by atoms with E-state index in [0.29, 0.717) is 0 Å². The average Bonchev–Trinajstić information content (AvgIpc) is 3.36. The van der Waals surface area contributed by atoms with E-state index < -0.39 is 0 Å². The van der Waals surface area contributed by atoms with Crippen molar-refractivity contribution in [2.24, 2.45) is 10.8 Å². The second kappa shape index (κ2) is 15.1. The van der Waals surface area contributed by atoms with Gasteiger partial charge in [0.2, 0.25) is 0 Å². The molecular weight excluding hydrogens is 805 g/mol. The molecular formula is C46H55IrN2O2-. The van der Waals surface area contributed by atoms with Crippen LogP contribution in [0.25, 0.3) is 43.9 Å².